The Labute approximate surface area is 81.6 Å². The third-order valence-corrected chi connectivity index (χ3v) is 4.08. The van der Waals surface area contributed by atoms with E-state index >= 15 is 0 Å². The molecular formula is C6H16N2O3S2. The van der Waals surface area contributed by atoms with E-state index in [4.69, 9.17) is 5.73 Å². The summed E-state index contributed by atoms with van der Waals surface area (Å²) in [7, 11) is -4.17. The summed E-state index contributed by atoms with van der Waals surface area (Å²) in [6, 6.07) is 0. The van der Waals surface area contributed by atoms with Crippen molar-refractivity contribution >= 4 is 20.8 Å². The lowest BCUT2D eigenvalue weighted by Crippen LogP contribution is -2.32. The average Bonchev–Trinajstić information content (AvgIpc) is 2.03. The zero-order valence-corrected chi connectivity index (χ0v) is 9.29. The SMILES string of the molecule is CCS(=O)CCNS(=O)(=O)CCN. The van der Waals surface area contributed by atoms with E-state index in [1.54, 1.807) is 6.92 Å². The first kappa shape index (κ1) is 13.0. The van der Waals surface area contributed by atoms with Crippen LogP contribution in [0.4, 0.5) is 0 Å². The molecule has 1 atom stereocenters. The molecule has 7 heteroatoms. The number of nitrogens with one attached hydrogen (secondary N) is 1. The summed E-state index contributed by atoms with van der Waals surface area (Å²) in [5, 5.41) is 0. The summed E-state index contributed by atoms with van der Waals surface area (Å²) in [4.78, 5) is 0. The smallest absolute Gasteiger partial charge is 0.212 e. The van der Waals surface area contributed by atoms with Gasteiger partial charge in [-0.05, 0) is 0 Å². The van der Waals surface area contributed by atoms with E-state index in [0.29, 0.717) is 11.5 Å². The van der Waals surface area contributed by atoms with Crippen molar-refractivity contribution in [1.82, 2.24) is 4.72 Å². The first-order chi connectivity index (χ1) is 6.02. The molecule has 0 aliphatic rings. The van der Waals surface area contributed by atoms with E-state index in [-0.39, 0.29) is 18.8 Å². The van der Waals surface area contributed by atoms with Crippen LogP contribution in [0, 0.1) is 0 Å². The molecular weight excluding hydrogens is 212 g/mol. The summed E-state index contributed by atoms with van der Waals surface area (Å²) in [5.74, 6) is 0.838. The molecule has 0 fully saturated rings. The van der Waals surface area contributed by atoms with E-state index in [1.807, 2.05) is 0 Å². The van der Waals surface area contributed by atoms with E-state index in [9.17, 15) is 12.6 Å². The molecule has 0 aromatic heterocycles. The van der Waals surface area contributed by atoms with Crippen LogP contribution >= 0.6 is 0 Å². The van der Waals surface area contributed by atoms with E-state index in [0.717, 1.165) is 0 Å². The van der Waals surface area contributed by atoms with E-state index in [1.165, 1.54) is 0 Å². The molecule has 0 bridgehead atoms. The first-order valence-electron chi connectivity index (χ1n) is 4.04. The Bertz CT molecular complexity index is 251. The molecule has 0 heterocycles. The minimum absolute atomic E-state index is 0.0776. The second-order valence-corrected chi connectivity index (χ2v) is 6.23. The topological polar surface area (TPSA) is 89.3 Å². The number of rotatable bonds is 7. The maximum atomic E-state index is 11.0. The summed E-state index contributed by atoms with van der Waals surface area (Å²) in [6.45, 7) is 2.12. The van der Waals surface area contributed by atoms with Gasteiger partial charge in [-0.1, -0.05) is 6.92 Å². The molecule has 80 valence electrons. The molecule has 0 aliphatic carbocycles. The second kappa shape index (κ2) is 6.47. The third kappa shape index (κ3) is 7.12. The monoisotopic (exact) mass is 228 g/mol. The number of hydrogen-bond acceptors (Lipinski definition) is 4. The molecule has 0 aromatic rings. The Hall–Kier alpha value is 0.0200. The Morgan fingerprint density at radius 2 is 2.08 bits per heavy atom. The summed E-state index contributed by atoms with van der Waals surface area (Å²) >= 11 is 0. The Kier molecular flexibility index (Phi) is 6.48. The van der Waals surface area contributed by atoms with Crippen LogP contribution in [0.1, 0.15) is 6.92 Å². The van der Waals surface area contributed by atoms with Gasteiger partial charge in [0, 0.05) is 35.4 Å². The summed E-state index contributed by atoms with van der Waals surface area (Å²) in [5.41, 5.74) is 5.09. The van der Waals surface area contributed by atoms with Gasteiger partial charge in [0.15, 0.2) is 0 Å². The average molecular weight is 228 g/mol. The van der Waals surface area contributed by atoms with Crippen molar-refractivity contribution in [3.8, 4) is 0 Å². The molecule has 3 N–H and O–H groups in total. The van der Waals surface area contributed by atoms with E-state index in [2.05, 4.69) is 4.72 Å². The maximum Gasteiger partial charge on any atom is 0.212 e. The van der Waals surface area contributed by atoms with Crippen molar-refractivity contribution in [2.24, 2.45) is 5.73 Å². The van der Waals surface area contributed by atoms with E-state index < -0.39 is 20.8 Å². The van der Waals surface area contributed by atoms with Gasteiger partial charge in [-0.2, -0.15) is 0 Å². The van der Waals surface area contributed by atoms with Crippen LogP contribution in [0.5, 0.6) is 0 Å². The molecule has 0 radical (unpaired) electrons. The number of sulfonamides is 1. The molecule has 0 saturated carbocycles. The zero-order valence-electron chi connectivity index (χ0n) is 7.65. The van der Waals surface area contributed by atoms with Gasteiger partial charge in [-0.15, -0.1) is 0 Å². The first-order valence-corrected chi connectivity index (χ1v) is 7.18. The maximum absolute atomic E-state index is 11.0. The Morgan fingerprint density at radius 1 is 1.46 bits per heavy atom. The predicted molar refractivity (Wildman–Crippen MR) is 54.4 cm³/mol. The molecule has 0 saturated heterocycles. The van der Waals surface area contributed by atoms with Gasteiger partial charge in [0.1, 0.15) is 0 Å². The lowest BCUT2D eigenvalue weighted by atomic mass is 10.8. The number of nitrogens with two attached hydrogens (primary N) is 1. The Morgan fingerprint density at radius 3 is 2.54 bits per heavy atom. The zero-order chi connectivity index (χ0) is 10.3. The van der Waals surface area contributed by atoms with Crippen molar-refractivity contribution in [3.63, 3.8) is 0 Å². The highest BCUT2D eigenvalue weighted by Gasteiger charge is 2.07. The Balaban J connectivity index is 3.70. The van der Waals surface area contributed by atoms with Crippen LogP contribution < -0.4 is 10.5 Å². The number of hydrogen-bond donors (Lipinski definition) is 2. The second-order valence-electron chi connectivity index (χ2n) is 2.43. The largest absolute Gasteiger partial charge is 0.329 e. The fourth-order valence-electron chi connectivity index (χ4n) is 0.683. The highest BCUT2D eigenvalue weighted by atomic mass is 32.2. The molecule has 0 rings (SSSR count). The van der Waals surface area contributed by atoms with Crippen molar-refractivity contribution in [2.45, 2.75) is 6.92 Å². The predicted octanol–water partition coefficient (Wildman–Crippen LogP) is -1.37. The molecule has 1 unspecified atom stereocenters. The van der Waals surface area contributed by atoms with Gasteiger partial charge >= 0.3 is 0 Å². The molecule has 0 aliphatic heterocycles. The minimum Gasteiger partial charge on any atom is -0.329 e. The van der Waals surface area contributed by atoms with Gasteiger partial charge in [-0.3, -0.25) is 4.21 Å². The fourth-order valence-corrected chi connectivity index (χ4v) is 2.30. The standard InChI is InChI=1S/C6H16N2O3S2/c1-2-12(9)5-4-8-13(10,11)6-3-7/h8H,2-7H2,1H3. The van der Waals surface area contributed by atoms with Crippen LogP contribution in [0.25, 0.3) is 0 Å². The highest BCUT2D eigenvalue weighted by molar-refractivity contribution is 7.89. The van der Waals surface area contributed by atoms with Crippen LogP contribution in [-0.4, -0.2) is 43.0 Å². The van der Waals surface area contributed by atoms with Crippen molar-refractivity contribution in [1.29, 1.82) is 0 Å². The van der Waals surface area contributed by atoms with Gasteiger partial charge in [0.2, 0.25) is 10.0 Å². The third-order valence-electron chi connectivity index (χ3n) is 1.36. The minimum atomic E-state index is -3.24. The van der Waals surface area contributed by atoms with Crippen molar-refractivity contribution in [3.05, 3.63) is 0 Å². The highest BCUT2D eigenvalue weighted by Crippen LogP contribution is 1.84. The van der Waals surface area contributed by atoms with Crippen LogP contribution in [0.15, 0.2) is 0 Å². The van der Waals surface area contributed by atoms with Crippen LogP contribution in [0.2, 0.25) is 0 Å². The van der Waals surface area contributed by atoms with Crippen LogP contribution in [0.3, 0.4) is 0 Å². The van der Waals surface area contributed by atoms with Crippen molar-refractivity contribution in [2.75, 3.05) is 30.3 Å². The van der Waals surface area contributed by atoms with Gasteiger partial charge in [0.25, 0.3) is 0 Å². The quantitative estimate of drug-likeness (QED) is 0.563. The molecule has 0 aromatic carbocycles. The lowest BCUT2D eigenvalue weighted by molar-refractivity contribution is 0.584. The normalized spacial score (nSPS) is 14.3. The van der Waals surface area contributed by atoms with Gasteiger partial charge in [-0.25, -0.2) is 13.1 Å². The summed E-state index contributed by atoms with van der Waals surface area (Å²) in [6.07, 6.45) is 0. The molecule has 0 spiro atoms. The lowest BCUT2D eigenvalue weighted by Gasteiger charge is -2.03. The molecule has 0 amide bonds. The summed E-state index contributed by atoms with van der Waals surface area (Å²) < 4.78 is 35.3. The molecule has 13 heavy (non-hydrogen) atoms. The van der Waals surface area contributed by atoms with Crippen LogP contribution in [-0.2, 0) is 20.8 Å². The fraction of sp³-hybridized carbons (Fsp3) is 1.00. The van der Waals surface area contributed by atoms with Gasteiger partial charge in [0.05, 0.1) is 5.75 Å². The van der Waals surface area contributed by atoms with Crippen molar-refractivity contribution < 1.29 is 12.6 Å². The molecule has 5 nitrogen and oxygen atoms in total. The van der Waals surface area contributed by atoms with Gasteiger partial charge < -0.3 is 5.73 Å².